The number of rotatable bonds is 5. The van der Waals surface area contributed by atoms with Gasteiger partial charge in [0.25, 0.3) is 0 Å². The molecule has 0 aliphatic rings. The third-order valence-corrected chi connectivity index (χ3v) is 2.19. The summed E-state index contributed by atoms with van der Waals surface area (Å²) in [6.07, 6.45) is 0.567. The van der Waals surface area contributed by atoms with Crippen LogP contribution in [-0.4, -0.2) is 40.1 Å². The quantitative estimate of drug-likeness (QED) is 0.849. The molecule has 0 aliphatic carbocycles. The van der Waals surface area contributed by atoms with Crippen molar-refractivity contribution in [2.45, 2.75) is 12.5 Å². The zero-order chi connectivity index (χ0) is 13.0. The van der Waals surface area contributed by atoms with E-state index in [1.165, 1.54) is 19.2 Å². The number of aliphatic hydroxyl groups excluding tert-OH is 1. The average Bonchev–Trinajstić information content (AvgIpc) is 2.78. The van der Waals surface area contributed by atoms with E-state index >= 15 is 0 Å². The Hall–Kier alpha value is -1.86. The molecular formula is C11H12FN3O3. The number of halogens is 1. The van der Waals surface area contributed by atoms with Crippen molar-refractivity contribution < 1.29 is 18.8 Å². The van der Waals surface area contributed by atoms with Gasteiger partial charge in [-0.1, -0.05) is 5.16 Å². The first-order chi connectivity index (χ1) is 8.69. The summed E-state index contributed by atoms with van der Waals surface area (Å²) in [4.78, 5) is 7.88. The Morgan fingerprint density at radius 1 is 1.50 bits per heavy atom. The molecule has 0 bridgehead atoms. The summed E-state index contributed by atoms with van der Waals surface area (Å²) in [6, 6.07) is 2.72. The van der Waals surface area contributed by atoms with Gasteiger partial charge in [-0.15, -0.1) is 0 Å². The normalized spacial score (nSPS) is 12.6. The molecule has 2 heterocycles. The third kappa shape index (κ3) is 3.08. The van der Waals surface area contributed by atoms with Crippen molar-refractivity contribution in [3.05, 3.63) is 30.0 Å². The highest BCUT2D eigenvalue weighted by molar-refractivity contribution is 5.47. The maximum Gasteiger partial charge on any atom is 0.229 e. The fourth-order valence-corrected chi connectivity index (χ4v) is 1.40. The molecule has 2 aromatic heterocycles. The smallest absolute Gasteiger partial charge is 0.229 e. The summed E-state index contributed by atoms with van der Waals surface area (Å²) in [5, 5.41) is 13.2. The molecule has 0 radical (unpaired) electrons. The van der Waals surface area contributed by atoms with Gasteiger partial charge in [0.05, 0.1) is 25.3 Å². The second kappa shape index (κ2) is 5.65. The Balaban J connectivity index is 2.08. The van der Waals surface area contributed by atoms with E-state index in [1.807, 2.05) is 0 Å². The monoisotopic (exact) mass is 253 g/mol. The summed E-state index contributed by atoms with van der Waals surface area (Å²) >= 11 is 0. The van der Waals surface area contributed by atoms with E-state index in [0.29, 0.717) is 5.69 Å². The minimum Gasteiger partial charge on any atom is -0.390 e. The van der Waals surface area contributed by atoms with Crippen LogP contribution in [0.25, 0.3) is 11.5 Å². The SMILES string of the molecule is COCC(O)Cc1nc(-c2ccc(F)cn2)no1. The van der Waals surface area contributed by atoms with E-state index in [1.54, 1.807) is 0 Å². The summed E-state index contributed by atoms with van der Waals surface area (Å²) < 4.78 is 22.4. The number of pyridine rings is 1. The van der Waals surface area contributed by atoms with Crippen LogP contribution >= 0.6 is 0 Å². The molecule has 1 N–H and O–H groups in total. The van der Waals surface area contributed by atoms with E-state index in [0.717, 1.165) is 6.20 Å². The van der Waals surface area contributed by atoms with Gasteiger partial charge in [0.15, 0.2) is 0 Å². The number of hydrogen-bond acceptors (Lipinski definition) is 6. The van der Waals surface area contributed by atoms with Crippen LogP contribution in [0, 0.1) is 5.82 Å². The fraction of sp³-hybridized carbons (Fsp3) is 0.364. The predicted octanol–water partition coefficient (Wildman–Crippen LogP) is 0.821. The molecule has 0 amide bonds. The minimum absolute atomic E-state index is 0.187. The maximum absolute atomic E-state index is 12.7. The number of ether oxygens (including phenoxy) is 1. The Bertz CT molecular complexity index is 500. The second-order valence-corrected chi connectivity index (χ2v) is 3.69. The Labute approximate surface area is 102 Å². The standard InChI is InChI=1S/C11H12FN3O3/c1-17-6-8(16)4-10-14-11(15-18-10)9-3-2-7(12)5-13-9/h2-3,5,8,16H,4,6H2,1H3. The van der Waals surface area contributed by atoms with Crippen molar-refractivity contribution >= 4 is 0 Å². The van der Waals surface area contributed by atoms with E-state index in [4.69, 9.17) is 9.26 Å². The molecule has 6 nitrogen and oxygen atoms in total. The highest BCUT2D eigenvalue weighted by atomic mass is 19.1. The first-order valence-corrected chi connectivity index (χ1v) is 5.30. The average molecular weight is 253 g/mol. The molecule has 0 spiro atoms. The zero-order valence-corrected chi connectivity index (χ0v) is 9.71. The summed E-state index contributed by atoms with van der Waals surface area (Å²) in [5.74, 6) is 0.105. The van der Waals surface area contributed by atoms with Crippen LogP contribution in [0.1, 0.15) is 5.89 Å². The maximum atomic E-state index is 12.7. The molecule has 96 valence electrons. The topological polar surface area (TPSA) is 81.3 Å². The molecule has 0 saturated carbocycles. The zero-order valence-electron chi connectivity index (χ0n) is 9.71. The van der Waals surface area contributed by atoms with Crippen molar-refractivity contribution in [1.29, 1.82) is 0 Å². The van der Waals surface area contributed by atoms with Gasteiger partial charge in [0.2, 0.25) is 11.7 Å². The number of hydrogen-bond donors (Lipinski definition) is 1. The van der Waals surface area contributed by atoms with Crippen LogP contribution in [0.5, 0.6) is 0 Å². The van der Waals surface area contributed by atoms with Gasteiger partial charge in [-0.2, -0.15) is 4.98 Å². The number of aliphatic hydroxyl groups is 1. The van der Waals surface area contributed by atoms with Gasteiger partial charge in [-0.25, -0.2) is 9.37 Å². The molecule has 0 fully saturated rings. The number of nitrogens with zero attached hydrogens (tertiary/aromatic N) is 3. The van der Waals surface area contributed by atoms with Crippen molar-refractivity contribution in [3.8, 4) is 11.5 Å². The molecule has 0 saturated heterocycles. The van der Waals surface area contributed by atoms with Crippen LogP contribution in [0.3, 0.4) is 0 Å². The lowest BCUT2D eigenvalue weighted by atomic mass is 10.2. The minimum atomic E-state index is -0.704. The molecular weight excluding hydrogens is 241 g/mol. The largest absolute Gasteiger partial charge is 0.390 e. The van der Waals surface area contributed by atoms with Gasteiger partial charge in [-0.3, -0.25) is 0 Å². The van der Waals surface area contributed by atoms with Gasteiger partial charge in [-0.05, 0) is 12.1 Å². The lowest BCUT2D eigenvalue weighted by molar-refractivity contribution is 0.0599. The number of aromatic nitrogens is 3. The van der Waals surface area contributed by atoms with Crippen LogP contribution in [0.15, 0.2) is 22.9 Å². The lowest BCUT2D eigenvalue weighted by Gasteiger charge is -2.04. The van der Waals surface area contributed by atoms with Crippen molar-refractivity contribution in [2.75, 3.05) is 13.7 Å². The Morgan fingerprint density at radius 3 is 3.00 bits per heavy atom. The molecule has 2 aromatic rings. The molecule has 1 atom stereocenters. The Kier molecular flexibility index (Phi) is 3.96. The highest BCUT2D eigenvalue weighted by Gasteiger charge is 2.13. The van der Waals surface area contributed by atoms with Gasteiger partial charge >= 0.3 is 0 Å². The summed E-state index contributed by atoms with van der Waals surface area (Å²) in [7, 11) is 1.49. The van der Waals surface area contributed by atoms with Crippen LogP contribution in [0.2, 0.25) is 0 Å². The van der Waals surface area contributed by atoms with E-state index in [-0.39, 0.29) is 24.7 Å². The van der Waals surface area contributed by atoms with Gasteiger partial charge in [0, 0.05) is 7.11 Å². The van der Waals surface area contributed by atoms with Crippen molar-refractivity contribution in [1.82, 2.24) is 15.1 Å². The summed E-state index contributed by atoms with van der Waals surface area (Å²) in [5.41, 5.74) is 0.410. The first-order valence-electron chi connectivity index (χ1n) is 5.30. The van der Waals surface area contributed by atoms with E-state index < -0.39 is 11.9 Å². The van der Waals surface area contributed by atoms with Crippen LogP contribution in [0.4, 0.5) is 4.39 Å². The van der Waals surface area contributed by atoms with Crippen molar-refractivity contribution in [2.24, 2.45) is 0 Å². The third-order valence-electron chi connectivity index (χ3n) is 2.19. The van der Waals surface area contributed by atoms with E-state index in [2.05, 4.69) is 15.1 Å². The van der Waals surface area contributed by atoms with Gasteiger partial charge in [0.1, 0.15) is 11.5 Å². The highest BCUT2D eigenvalue weighted by Crippen LogP contribution is 2.13. The van der Waals surface area contributed by atoms with Gasteiger partial charge < -0.3 is 14.4 Å². The molecule has 1 unspecified atom stereocenters. The number of methoxy groups -OCH3 is 1. The fourth-order valence-electron chi connectivity index (χ4n) is 1.40. The molecule has 2 rings (SSSR count). The van der Waals surface area contributed by atoms with Crippen molar-refractivity contribution in [3.63, 3.8) is 0 Å². The molecule has 0 aromatic carbocycles. The first kappa shape index (κ1) is 12.6. The second-order valence-electron chi connectivity index (χ2n) is 3.69. The molecule has 18 heavy (non-hydrogen) atoms. The molecule has 7 heteroatoms. The van der Waals surface area contributed by atoms with Crippen LogP contribution < -0.4 is 0 Å². The predicted molar refractivity (Wildman–Crippen MR) is 59.1 cm³/mol. The van der Waals surface area contributed by atoms with Crippen LogP contribution in [-0.2, 0) is 11.2 Å². The summed E-state index contributed by atoms with van der Waals surface area (Å²) in [6.45, 7) is 0.187. The van der Waals surface area contributed by atoms with E-state index in [9.17, 15) is 9.50 Å². The molecule has 0 aliphatic heterocycles. The lowest BCUT2D eigenvalue weighted by Crippen LogP contribution is -2.17. The Morgan fingerprint density at radius 2 is 2.33 bits per heavy atom.